The molecule has 142 valence electrons. The van der Waals surface area contributed by atoms with Crippen LogP contribution in [0.2, 0.25) is 0 Å². The first-order chi connectivity index (χ1) is 13.1. The van der Waals surface area contributed by atoms with Crippen LogP contribution in [0.5, 0.6) is 0 Å². The van der Waals surface area contributed by atoms with Crippen molar-refractivity contribution in [1.29, 1.82) is 0 Å². The average Bonchev–Trinajstić information content (AvgIpc) is 3.37. The lowest BCUT2D eigenvalue weighted by Gasteiger charge is -2.03. The molecule has 10 heteroatoms. The van der Waals surface area contributed by atoms with Crippen molar-refractivity contribution < 1.29 is 4.79 Å². The van der Waals surface area contributed by atoms with Gasteiger partial charge in [-0.25, -0.2) is 4.98 Å². The number of H-pyrrole nitrogens is 2. The van der Waals surface area contributed by atoms with Crippen LogP contribution in [0.15, 0.2) is 24.7 Å². The van der Waals surface area contributed by atoms with Gasteiger partial charge in [-0.3, -0.25) is 9.48 Å². The van der Waals surface area contributed by atoms with Gasteiger partial charge in [-0.1, -0.05) is 17.1 Å². The molecule has 0 bridgehead atoms. The second kappa shape index (κ2) is 9.06. The number of hydrogen-bond donors (Lipinski definition) is 4. The van der Waals surface area contributed by atoms with E-state index in [4.69, 9.17) is 5.73 Å². The molecule has 3 rings (SSSR count). The van der Waals surface area contributed by atoms with E-state index in [9.17, 15) is 4.79 Å². The van der Waals surface area contributed by atoms with Gasteiger partial charge in [0, 0.05) is 18.9 Å². The molecule has 0 saturated heterocycles. The fraction of sp³-hybridized carbons (Fsp3) is 0.412. The van der Waals surface area contributed by atoms with Gasteiger partial charge in [0.2, 0.25) is 0 Å². The van der Waals surface area contributed by atoms with Crippen molar-refractivity contribution in [2.45, 2.75) is 38.6 Å². The Morgan fingerprint density at radius 2 is 2.00 bits per heavy atom. The maximum atomic E-state index is 12.0. The second-order valence-corrected chi connectivity index (χ2v) is 6.66. The van der Waals surface area contributed by atoms with Crippen LogP contribution in [0.1, 0.15) is 41.1 Å². The quantitative estimate of drug-likeness (QED) is 0.285. The number of aromatic amines is 2. The van der Waals surface area contributed by atoms with Crippen LogP contribution in [0.4, 0.5) is 5.95 Å². The maximum absolute atomic E-state index is 12.0. The molecule has 0 aromatic carbocycles. The molecule has 3 aromatic rings. The standard InChI is InChI=1S/C17H25BN8O/c18-12-8-15(21-9-12)16(27)20-6-7-26-11-14(24-25-26)5-3-1-2-4-13-10-22-17(19)23-13/h8-11,21H,1-7,18H2,(H,20,27)(H3,19,22,23). The average molecular weight is 368 g/mol. The van der Waals surface area contributed by atoms with Crippen molar-refractivity contribution in [1.82, 2.24) is 35.3 Å². The number of unbranched alkanes of at least 4 members (excludes halogenated alkanes) is 2. The predicted molar refractivity (Wildman–Crippen MR) is 106 cm³/mol. The van der Waals surface area contributed by atoms with Gasteiger partial charge in [0.25, 0.3) is 5.91 Å². The number of rotatable bonds is 10. The summed E-state index contributed by atoms with van der Waals surface area (Å²) in [6, 6.07) is 1.82. The molecule has 0 aliphatic rings. The van der Waals surface area contributed by atoms with E-state index in [2.05, 4.69) is 30.6 Å². The highest BCUT2D eigenvalue weighted by Gasteiger charge is 2.07. The molecule has 5 N–H and O–H groups in total. The largest absolute Gasteiger partial charge is 0.369 e. The summed E-state index contributed by atoms with van der Waals surface area (Å²) in [6.45, 7) is 1.10. The molecule has 3 heterocycles. The predicted octanol–water partition coefficient (Wildman–Crippen LogP) is -0.445. The van der Waals surface area contributed by atoms with Crippen molar-refractivity contribution >= 4 is 25.2 Å². The van der Waals surface area contributed by atoms with Crippen LogP contribution in [0.3, 0.4) is 0 Å². The number of nitrogens with zero attached hydrogens (tertiary/aromatic N) is 4. The number of carbonyl (C=O) groups is 1. The Hall–Kier alpha value is -3.04. The first kappa shape index (κ1) is 18.7. The fourth-order valence-corrected chi connectivity index (χ4v) is 2.87. The van der Waals surface area contributed by atoms with Crippen LogP contribution in [0.25, 0.3) is 0 Å². The summed E-state index contributed by atoms with van der Waals surface area (Å²) in [5.41, 5.74) is 9.16. The molecule has 27 heavy (non-hydrogen) atoms. The van der Waals surface area contributed by atoms with E-state index in [1.54, 1.807) is 4.68 Å². The minimum atomic E-state index is -0.109. The molecule has 3 aromatic heterocycles. The topological polar surface area (TPSA) is 130 Å². The minimum Gasteiger partial charge on any atom is -0.369 e. The molecule has 9 nitrogen and oxygen atoms in total. The molecular weight excluding hydrogens is 343 g/mol. The highest BCUT2D eigenvalue weighted by molar-refractivity contribution is 6.32. The zero-order valence-corrected chi connectivity index (χ0v) is 15.5. The Labute approximate surface area is 158 Å². The molecule has 0 aliphatic heterocycles. The second-order valence-electron chi connectivity index (χ2n) is 6.66. The van der Waals surface area contributed by atoms with Crippen LogP contribution >= 0.6 is 0 Å². The Kier molecular flexibility index (Phi) is 6.29. The number of carbonyl (C=O) groups excluding carboxylic acids is 1. The molecule has 0 aliphatic carbocycles. The van der Waals surface area contributed by atoms with Crippen molar-refractivity contribution in [3.8, 4) is 0 Å². The number of aromatic nitrogens is 6. The van der Waals surface area contributed by atoms with Crippen LogP contribution in [0, 0.1) is 0 Å². The van der Waals surface area contributed by atoms with Gasteiger partial charge in [-0.15, -0.1) is 5.10 Å². The Morgan fingerprint density at radius 1 is 1.19 bits per heavy atom. The number of nitrogen functional groups attached to an aromatic ring is 1. The normalized spacial score (nSPS) is 11.0. The van der Waals surface area contributed by atoms with Gasteiger partial charge < -0.3 is 21.0 Å². The zero-order chi connectivity index (χ0) is 19.1. The number of anilines is 1. The fourth-order valence-electron chi connectivity index (χ4n) is 2.87. The Bertz CT molecular complexity index is 868. The molecule has 0 spiro atoms. The summed E-state index contributed by atoms with van der Waals surface area (Å²) < 4.78 is 1.77. The minimum absolute atomic E-state index is 0.109. The van der Waals surface area contributed by atoms with Crippen LogP contribution in [-0.2, 0) is 19.4 Å². The van der Waals surface area contributed by atoms with Crippen molar-refractivity contribution in [3.63, 3.8) is 0 Å². The SMILES string of the molecule is Bc1c[nH]c(C(=O)NCCn2cc(CCCCCc3c[nH]c(N)n3)nn2)c1. The summed E-state index contributed by atoms with van der Waals surface area (Å²) in [5.74, 6) is 0.364. The number of amides is 1. The third-order valence-electron chi connectivity index (χ3n) is 4.30. The van der Waals surface area contributed by atoms with Gasteiger partial charge in [0.15, 0.2) is 5.95 Å². The first-order valence-corrected chi connectivity index (χ1v) is 9.22. The van der Waals surface area contributed by atoms with Gasteiger partial charge in [0.05, 0.1) is 17.9 Å². The number of imidazole rings is 1. The smallest absolute Gasteiger partial charge is 0.267 e. The van der Waals surface area contributed by atoms with E-state index in [0.717, 1.165) is 49.0 Å². The van der Waals surface area contributed by atoms with Crippen molar-refractivity contribution in [2.75, 3.05) is 12.3 Å². The number of nitrogens with one attached hydrogen (secondary N) is 3. The lowest BCUT2D eigenvalue weighted by atomic mass is 10.0. The first-order valence-electron chi connectivity index (χ1n) is 9.22. The van der Waals surface area contributed by atoms with Crippen LogP contribution < -0.4 is 16.5 Å². The van der Waals surface area contributed by atoms with E-state index in [-0.39, 0.29) is 5.91 Å². The molecule has 0 unspecified atom stereocenters. The molecule has 0 fully saturated rings. The summed E-state index contributed by atoms with van der Waals surface area (Å²) >= 11 is 0. The van der Waals surface area contributed by atoms with Crippen molar-refractivity contribution in [3.05, 3.63) is 41.7 Å². The lowest BCUT2D eigenvalue weighted by molar-refractivity contribution is 0.0947. The third kappa shape index (κ3) is 5.73. The Balaban J connectivity index is 1.30. The van der Waals surface area contributed by atoms with E-state index in [0.29, 0.717) is 24.7 Å². The molecule has 1 amide bonds. The van der Waals surface area contributed by atoms with E-state index < -0.39 is 0 Å². The molecular formula is C17H25BN8O. The van der Waals surface area contributed by atoms with Crippen LogP contribution in [-0.4, -0.2) is 50.2 Å². The summed E-state index contributed by atoms with van der Waals surface area (Å²) in [7, 11) is 1.94. The van der Waals surface area contributed by atoms with Gasteiger partial charge in [-0.2, -0.15) is 0 Å². The highest BCUT2D eigenvalue weighted by Crippen LogP contribution is 2.08. The summed E-state index contributed by atoms with van der Waals surface area (Å²) in [5, 5.41) is 11.2. The molecule has 0 atom stereocenters. The maximum Gasteiger partial charge on any atom is 0.267 e. The van der Waals surface area contributed by atoms with Crippen molar-refractivity contribution in [2.24, 2.45) is 0 Å². The molecule has 0 radical (unpaired) electrons. The number of aryl methyl sites for hydroxylation is 2. The lowest BCUT2D eigenvalue weighted by Crippen LogP contribution is -2.27. The number of nitrogens with two attached hydrogens (primary N) is 1. The number of hydrogen-bond acceptors (Lipinski definition) is 5. The van der Waals surface area contributed by atoms with E-state index in [1.165, 1.54) is 0 Å². The highest BCUT2D eigenvalue weighted by atomic mass is 16.1. The monoisotopic (exact) mass is 368 g/mol. The van der Waals surface area contributed by atoms with E-state index >= 15 is 0 Å². The summed E-state index contributed by atoms with van der Waals surface area (Å²) in [4.78, 5) is 22.0. The zero-order valence-electron chi connectivity index (χ0n) is 15.5. The van der Waals surface area contributed by atoms with E-state index in [1.807, 2.05) is 32.5 Å². The Morgan fingerprint density at radius 3 is 2.70 bits per heavy atom. The summed E-state index contributed by atoms with van der Waals surface area (Å²) in [6.07, 6.45) is 10.7. The van der Waals surface area contributed by atoms with Gasteiger partial charge >= 0.3 is 0 Å². The third-order valence-corrected chi connectivity index (χ3v) is 4.30. The van der Waals surface area contributed by atoms with Gasteiger partial charge in [-0.05, 0) is 37.9 Å². The van der Waals surface area contributed by atoms with Gasteiger partial charge in [0.1, 0.15) is 13.5 Å². The molecule has 0 saturated carbocycles.